The summed E-state index contributed by atoms with van der Waals surface area (Å²) in [5, 5.41) is 0. The molecule has 2 unspecified atom stereocenters. The number of rotatable bonds is 2. The van der Waals surface area contributed by atoms with Crippen molar-refractivity contribution in [1.82, 2.24) is 4.31 Å². The van der Waals surface area contributed by atoms with Crippen LogP contribution in [0.15, 0.2) is 12.4 Å². The van der Waals surface area contributed by atoms with Gasteiger partial charge in [0.05, 0.1) is 18.1 Å². The van der Waals surface area contributed by atoms with Crippen LogP contribution in [0.4, 0.5) is 0 Å². The maximum absolute atomic E-state index is 2.26. The van der Waals surface area contributed by atoms with E-state index in [-0.39, 0.29) is 0 Å². The highest BCUT2D eigenvalue weighted by molar-refractivity contribution is 7.96. The van der Waals surface area contributed by atoms with Crippen LogP contribution < -0.4 is 4.31 Å². The van der Waals surface area contributed by atoms with E-state index in [0.717, 1.165) is 0 Å². The van der Waals surface area contributed by atoms with Gasteiger partial charge in [0.25, 0.3) is 0 Å². The molecule has 1 N–H and O–H groups in total. The lowest BCUT2D eigenvalue weighted by Gasteiger charge is -2.19. The highest BCUT2D eigenvalue weighted by Crippen LogP contribution is 2.11. The second-order valence-corrected chi connectivity index (χ2v) is 3.81. The van der Waals surface area contributed by atoms with E-state index >= 15 is 0 Å². The molecule has 0 radical (unpaired) electrons. The van der Waals surface area contributed by atoms with Crippen LogP contribution >= 0.6 is 23.9 Å². The molecular weight excluding hydrogens is 164 g/mol. The van der Waals surface area contributed by atoms with E-state index in [1.165, 1.54) is 4.31 Å². The molecular formula is C6H13N2S2+. The number of nitrogens with zero attached hydrogens (tertiary/aromatic N) is 1. The third kappa shape index (κ3) is 1.44. The zero-order chi connectivity index (χ0) is 7.56. The molecule has 0 spiro atoms. The van der Waals surface area contributed by atoms with Crippen LogP contribution in [-0.4, -0.2) is 23.0 Å². The molecule has 10 heavy (non-hydrogen) atoms. The van der Waals surface area contributed by atoms with Gasteiger partial charge < -0.3 is 0 Å². The van der Waals surface area contributed by atoms with Crippen molar-refractivity contribution in [2.45, 2.75) is 13.1 Å². The van der Waals surface area contributed by atoms with E-state index in [0.29, 0.717) is 6.17 Å². The fraction of sp³-hybridized carbons (Fsp3) is 0.667. The first kappa shape index (κ1) is 8.30. The van der Waals surface area contributed by atoms with Crippen molar-refractivity contribution in [3.8, 4) is 0 Å². The summed E-state index contributed by atoms with van der Waals surface area (Å²) in [7, 11) is 0. The molecule has 1 rings (SSSR count). The Kier molecular flexibility index (Phi) is 2.95. The minimum Gasteiger partial charge on any atom is -0.266 e. The molecule has 0 amide bonds. The van der Waals surface area contributed by atoms with Crippen molar-refractivity contribution < 1.29 is 4.31 Å². The fourth-order valence-corrected chi connectivity index (χ4v) is 2.33. The first-order valence-electron chi connectivity index (χ1n) is 3.21. The third-order valence-electron chi connectivity index (χ3n) is 1.63. The van der Waals surface area contributed by atoms with Gasteiger partial charge in [-0.2, -0.15) is 0 Å². The predicted octanol–water partition coefficient (Wildman–Crippen LogP) is 0.560. The lowest BCUT2D eigenvalue weighted by atomic mass is 10.6. The van der Waals surface area contributed by atoms with Crippen LogP contribution in [0.25, 0.3) is 0 Å². The second kappa shape index (κ2) is 3.55. The minimum atomic E-state index is 0.574. The van der Waals surface area contributed by atoms with Crippen molar-refractivity contribution in [2.24, 2.45) is 0 Å². The normalized spacial score (nSPS) is 31.7. The van der Waals surface area contributed by atoms with Gasteiger partial charge in [-0.1, -0.05) is 0 Å². The zero-order valence-electron chi connectivity index (χ0n) is 6.50. The van der Waals surface area contributed by atoms with Gasteiger partial charge in [-0.05, 0) is 11.9 Å². The highest BCUT2D eigenvalue weighted by Gasteiger charge is 2.25. The summed E-state index contributed by atoms with van der Waals surface area (Å²) < 4.78 is 3.71. The molecule has 0 aromatic rings. The van der Waals surface area contributed by atoms with E-state index in [9.17, 15) is 0 Å². The van der Waals surface area contributed by atoms with Crippen molar-refractivity contribution in [3.63, 3.8) is 0 Å². The van der Waals surface area contributed by atoms with Crippen molar-refractivity contribution >= 4 is 23.9 Å². The Balaban J connectivity index is 2.49. The smallest absolute Gasteiger partial charge is 0.184 e. The summed E-state index contributed by atoms with van der Waals surface area (Å²) in [6.07, 6.45) is 9.13. The van der Waals surface area contributed by atoms with E-state index < -0.39 is 0 Å². The molecule has 1 heterocycles. The van der Waals surface area contributed by atoms with Gasteiger partial charge >= 0.3 is 0 Å². The Labute approximate surface area is 70.9 Å². The fourth-order valence-electron chi connectivity index (χ4n) is 0.998. The molecule has 0 fully saturated rings. The van der Waals surface area contributed by atoms with E-state index in [1.807, 2.05) is 11.9 Å². The van der Waals surface area contributed by atoms with Gasteiger partial charge in [0.1, 0.15) is 6.20 Å². The summed E-state index contributed by atoms with van der Waals surface area (Å²) in [6, 6.07) is 0. The van der Waals surface area contributed by atoms with Crippen molar-refractivity contribution in [1.29, 1.82) is 0 Å². The van der Waals surface area contributed by atoms with Gasteiger partial charge in [-0.15, -0.1) is 0 Å². The SMILES string of the molecule is CSN1C=C[NH+](SC)C1C. The van der Waals surface area contributed by atoms with Gasteiger partial charge in [-0.3, -0.25) is 4.31 Å². The maximum Gasteiger partial charge on any atom is 0.184 e. The quantitative estimate of drug-likeness (QED) is 0.617. The molecule has 0 saturated carbocycles. The Hall–Kier alpha value is 0.200. The first-order chi connectivity index (χ1) is 4.79. The molecule has 0 aromatic heterocycles. The molecule has 0 aromatic carbocycles. The van der Waals surface area contributed by atoms with Gasteiger partial charge in [0.2, 0.25) is 0 Å². The van der Waals surface area contributed by atoms with Crippen LogP contribution in [0.1, 0.15) is 6.92 Å². The van der Waals surface area contributed by atoms with Crippen LogP contribution in [0.3, 0.4) is 0 Å². The number of hydrogen-bond donors (Lipinski definition) is 1. The summed E-state index contributed by atoms with van der Waals surface area (Å²) in [6.45, 7) is 2.22. The zero-order valence-corrected chi connectivity index (χ0v) is 8.13. The topological polar surface area (TPSA) is 7.68 Å². The monoisotopic (exact) mass is 177 g/mol. The number of nitrogens with one attached hydrogen (secondary N) is 1. The average Bonchev–Trinajstić information content (AvgIpc) is 2.30. The maximum atomic E-state index is 2.26. The Bertz CT molecular complexity index is 124. The predicted molar refractivity (Wildman–Crippen MR) is 48.4 cm³/mol. The molecule has 1 aliphatic rings. The number of hydrogen-bond acceptors (Lipinski definition) is 3. The van der Waals surface area contributed by atoms with Gasteiger partial charge in [0, 0.05) is 19.4 Å². The van der Waals surface area contributed by atoms with Gasteiger partial charge in [0.15, 0.2) is 6.17 Å². The van der Waals surface area contributed by atoms with Gasteiger partial charge in [-0.25, -0.2) is 4.31 Å². The Morgan fingerprint density at radius 1 is 1.50 bits per heavy atom. The van der Waals surface area contributed by atoms with Crippen molar-refractivity contribution in [2.75, 3.05) is 12.5 Å². The summed E-state index contributed by atoms with van der Waals surface area (Å²) in [4.78, 5) is 0. The van der Waals surface area contributed by atoms with E-state index in [2.05, 4.69) is 36.1 Å². The Morgan fingerprint density at radius 2 is 2.20 bits per heavy atom. The standard InChI is InChI=1S/C6H12N2S2/c1-6-7(9-2)4-5-8(6)10-3/h4-6H,1-3H3/p+1. The van der Waals surface area contributed by atoms with Crippen molar-refractivity contribution in [3.05, 3.63) is 12.4 Å². The second-order valence-electron chi connectivity index (χ2n) is 2.14. The third-order valence-corrected chi connectivity index (χ3v) is 3.43. The van der Waals surface area contributed by atoms with Crippen LogP contribution in [-0.2, 0) is 0 Å². The van der Waals surface area contributed by atoms with Crippen LogP contribution in [0.5, 0.6) is 0 Å². The number of quaternary nitrogens is 1. The van der Waals surface area contributed by atoms with E-state index in [1.54, 1.807) is 11.9 Å². The average molecular weight is 177 g/mol. The molecule has 0 saturated heterocycles. The van der Waals surface area contributed by atoms with E-state index in [4.69, 9.17) is 0 Å². The first-order valence-corrected chi connectivity index (χ1v) is 5.61. The molecule has 0 bridgehead atoms. The molecule has 58 valence electrons. The summed E-state index contributed by atoms with van der Waals surface area (Å²) in [5.41, 5.74) is 0. The lowest BCUT2D eigenvalue weighted by Crippen LogP contribution is -3.04. The Morgan fingerprint density at radius 3 is 2.50 bits per heavy atom. The summed E-state index contributed by atoms with van der Waals surface area (Å²) in [5.74, 6) is 0. The largest absolute Gasteiger partial charge is 0.266 e. The van der Waals surface area contributed by atoms with Crippen LogP contribution in [0, 0.1) is 0 Å². The molecule has 0 aliphatic carbocycles. The summed E-state index contributed by atoms with van der Waals surface area (Å²) >= 11 is 3.61. The molecule has 1 aliphatic heterocycles. The lowest BCUT2D eigenvalue weighted by molar-refractivity contribution is -0.725. The molecule has 4 heteroatoms. The molecule has 2 nitrogen and oxygen atoms in total. The minimum absolute atomic E-state index is 0.574. The highest BCUT2D eigenvalue weighted by atomic mass is 32.2. The van der Waals surface area contributed by atoms with Crippen LogP contribution in [0.2, 0.25) is 0 Å². The molecule has 2 atom stereocenters.